The van der Waals surface area contributed by atoms with E-state index in [4.69, 9.17) is 1.37 Å². The third kappa shape index (κ3) is 16.4. The van der Waals surface area contributed by atoms with Gasteiger partial charge in [-0.25, -0.2) is 0 Å². The lowest BCUT2D eigenvalue weighted by Crippen LogP contribution is -2.11. The van der Waals surface area contributed by atoms with Crippen LogP contribution in [0.15, 0.2) is 370 Å². The molecule has 0 atom stereocenters. The molecule has 0 unspecified atom stereocenters. The zero-order valence-electron chi connectivity index (χ0n) is 73.2. The number of nitrogens with zero attached hydrogens (tertiary/aromatic N) is 4. The number of rotatable bonds is 24. The highest BCUT2D eigenvalue weighted by Crippen LogP contribution is 2.44. The van der Waals surface area contributed by atoms with Gasteiger partial charge in [0.15, 0.2) is 0 Å². The SMILES string of the molecule is [2H]c1c([2H])c(-c2ccc3c(c2)c2ccccc2n3-c2ccc(-c3ccc(C)cc3)cc2)c([2H])c([2H])c1-c1ccc(N(c2ccccc2)c2ccc(C)cc2)c(C)c1.[2H]c1cccc(N(c2ccc(C)cc2)c2ccc(-c3cc(CCCCCC)c(-c4ccc5c(c4)c4ccccc4n5-c4ccc(-c5ccc(C)cc5)cc4)cc3CCCCCC)cc2)c1. The van der Waals surface area contributed by atoms with Gasteiger partial charge in [-0.1, -0.05) is 311 Å². The summed E-state index contributed by atoms with van der Waals surface area (Å²) in [4.78, 5) is 4.47. The number of aryl methyl sites for hydroxylation is 7. The maximum Gasteiger partial charge on any atom is 0.0629 e. The molecule has 2 heterocycles. The van der Waals surface area contributed by atoms with E-state index in [0.717, 1.165) is 85.6 Å². The average Bonchev–Trinajstić information content (AvgIpc) is 1.56. The van der Waals surface area contributed by atoms with Crippen LogP contribution >= 0.6 is 0 Å². The average molecular weight is 1520 g/mol. The predicted molar refractivity (Wildman–Crippen MR) is 503 cm³/mol. The first-order valence-electron chi connectivity index (χ1n) is 44.3. The molecule has 0 fully saturated rings. The third-order valence-corrected chi connectivity index (χ3v) is 23.2. The molecule has 0 bridgehead atoms. The molecule has 0 spiro atoms. The molecule has 4 nitrogen and oxygen atoms in total. The summed E-state index contributed by atoms with van der Waals surface area (Å²) in [5.74, 6) is 0. The summed E-state index contributed by atoms with van der Waals surface area (Å²) < 4.78 is 50.2. The van der Waals surface area contributed by atoms with E-state index in [1.54, 1.807) is 0 Å². The Bertz CT molecular complexity index is 6760. The minimum Gasteiger partial charge on any atom is -0.311 e. The normalized spacial score (nSPS) is 12.0. The number of hydrogen-bond acceptors (Lipinski definition) is 2. The summed E-state index contributed by atoms with van der Waals surface area (Å²) in [6.45, 7) is 15.1. The van der Waals surface area contributed by atoms with Crippen LogP contribution in [0.25, 0.3) is 122 Å². The fourth-order valence-electron chi connectivity index (χ4n) is 16.9. The van der Waals surface area contributed by atoms with E-state index in [1.165, 1.54) is 151 Å². The molecule has 0 saturated carbocycles. The van der Waals surface area contributed by atoms with Gasteiger partial charge in [0.1, 0.15) is 0 Å². The summed E-state index contributed by atoms with van der Waals surface area (Å²) in [6, 6.07) is 121. The quantitative estimate of drug-likeness (QED) is 0.0561. The van der Waals surface area contributed by atoms with Gasteiger partial charge >= 0.3 is 0 Å². The highest BCUT2D eigenvalue weighted by atomic mass is 15.1. The molecule has 117 heavy (non-hydrogen) atoms. The van der Waals surface area contributed by atoms with Crippen molar-refractivity contribution in [2.45, 2.75) is 113 Å². The number of benzene rings is 16. The summed E-state index contributed by atoms with van der Waals surface area (Å²) >= 11 is 0. The number of unbranched alkanes of at least 4 members (excludes halogenated alkanes) is 6. The minimum atomic E-state index is -0.0622. The lowest BCUT2D eigenvalue weighted by atomic mass is 9.86. The standard InChI is InChI=1S/C62H62N2.C51H40N2/c1-5-7-9-12-18-50-43-59(52-34-41-62-60(44-52)57-22-16-17-23-61(57)64(62)56-37-30-48(31-38-56)47-28-24-45(3)25-29-47)51(19-13-10-8-6-2)42-58(50)49-32-39-55(40-33-49)63(53-20-14-11-15-21-53)54-35-26-46(4)27-36-54;1-35-13-17-38(18-14-35)39-23-29-46(30-24-39)53-50-12-8-7-11-47(50)48-34-43(26-32-51(48)53)41-21-19-40(20-22-41)42-25-31-49(37(3)33-42)52(44-9-5-4-6-10-44)45-27-15-36(2)16-28-45/h11,14-17,20-44H,5-10,12-13,18-19H2,1-4H3;4-34H,1-3H3/i14D;19D,20D,21D,22D. The zero-order chi connectivity index (χ0) is 84.1. The maximum atomic E-state index is 9.28. The fraction of sp³-hybridized carbons (Fsp3) is 0.150. The van der Waals surface area contributed by atoms with Crippen molar-refractivity contribution >= 4 is 77.7 Å². The first-order chi connectivity index (χ1) is 59.5. The molecule has 18 rings (SSSR count). The van der Waals surface area contributed by atoms with E-state index in [-0.39, 0.29) is 35.3 Å². The summed E-state index contributed by atoms with van der Waals surface area (Å²) in [5.41, 5.74) is 33.5. The van der Waals surface area contributed by atoms with Gasteiger partial charge in [0.2, 0.25) is 0 Å². The Hall–Kier alpha value is -13.3. The zero-order valence-corrected chi connectivity index (χ0v) is 68.2. The Morgan fingerprint density at radius 1 is 0.256 bits per heavy atom. The predicted octanol–water partition coefficient (Wildman–Crippen LogP) is 32.3. The van der Waals surface area contributed by atoms with Crippen LogP contribution in [0.1, 0.15) is 111 Å². The number of hydrogen-bond donors (Lipinski definition) is 0. The van der Waals surface area contributed by atoms with Crippen molar-refractivity contribution in [3.63, 3.8) is 0 Å². The van der Waals surface area contributed by atoms with Gasteiger partial charge < -0.3 is 18.9 Å². The van der Waals surface area contributed by atoms with Gasteiger partial charge in [-0.2, -0.15) is 0 Å². The molecule has 0 aliphatic rings. The maximum absolute atomic E-state index is 9.28. The van der Waals surface area contributed by atoms with Crippen LogP contribution in [0.3, 0.4) is 0 Å². The number of para-hydroxylation sites is 4. The van der Waals surface area contributed by atoms with Crippen molar-refractivity contribution in [3.8, 4) is 78.1 Å². The Labute approximate surface area is 698 Å². The van der Waals surface area contributed by atoms with Crippen molar-refractivity contribution in [3.05, 3.63) is 409 Å². The summed E-state index contributed by atoms with van der Waals surface area (Å²) in [7, 11) is 0. The van der Waals surface area contributed by atoms with Crippen LogP contribution in [0, 0.1) is 34.6 Å². The number of fused-ring (bicyclic) bond motifs is 6. The second-order valence-corrected chi connectivity index (χ2v) is 31.5. The van der Waals surface area contributed by atoms with Crippen LogP contribution in [0.4, 0.5) is 34.1 Å². The molecule has 0 N–H and O–H groups in total. The van der Waals surface area contributed by atoms with Crippen molar-refractivity contribution < 1.29 is 6.85 Å². The molecule has 16 aromatic carbocycles. The molecular formula is C113H102N4. The van der Waals surface area contributed by atoms with Crippen LogP contribution < -0.4 is 9.80 Å². The molecule has 4 heteroatoms. The van der Waals surface area contributed by atoms with Crippen LogP contribution in [0.2, 0.25) is 0 Å². The molecule has 0 aliphatic carbocycles. The van der Waals surface area contributed by atoms with E-state index in [9.17, 15) is 5.48 Å². The Balaban J connectivity index is 0.000000175. The van der Waals surface area contributed by atoms with Crippen LogP contribution in [-0.2, 0) is 12.8 Å². The number of anilines is 6. The second kappa shape index (κ2) is 34.8. The highest BCUT2D eigenvalue weighted by Gasteiger charge is 2.22. The topological polar surface area (TPSA) is 16.3 Å². The van der Waals surface area contributed by atoms with Gasteiger partial charge in [0.05, 0.1) is 28.9 Å². The van der Waals surface area contributed by atoms with Gasteiger partial charge in [-0.3, -0.25) is 0 Å². The molecule has 0 aliphatic heterocycles. The van der Waals surface area contributed by atoms with Gasteiger partial charge in [0.25, 0.3) is 0 Å². The summed E-state index contributed by atoms with van der Waals surface area (Å²) in [5, 5.41) is 4.60. The molecular weight excluding hydrogens is 1410 g/mol. The van der Waals surface area contributed by atoms with Crippen LogP contribution in [-0.4, -0.2) is 9.13 Å². The highest BCUT2D eigenvalue weighted by molar-refractivity contribution is 6.12. The smallest absolute Gasteiger partial charge is 0.0629 e. The van der Waals surface area contributed by atoms with E-state index < -0.39 is 0 Å². The molecule has 0 saturated heterocycles. The van der Waals surface area contributed by atoms with Crippen LogP contribution in [0.5, 0.6) is 0 Å². The van der Waals surface area contributed by atoms with Crippen molar-refractivity contribution in [1.29, 1.82) is 0 Å². The van der Waals surface area contributed by atoms with E-state index in [0.29, 0.717) is 17.2 Å². The first-order valence-corrected chi connectivity index (χ1v) is 41.8. The largest absolute Gasteiger partial charge is 0.311 e. The fourth-order valence-corrected chi connectivity index (χ4v) is 16.9. The summed E-state index contributed by atoms with van der Waals surface area (Å²) in [6.07, 6.45) is 11.9. The van der Waals surface area contributed by atoms with Gasteiger partial charge in [0, 0.05) is 67.0 Å². The number of aromatic nitrogens is 2. The van der Waals surface area contributed by atoms with Crippen molar-refractivity contribution in [2.24, 2.45) is 0 Å². The molecule has 0 radical (unpaired) electrons. The van der Waals surface area contributed by atoms with E-state index >= 15 is 0 Å². The molecule has 2 aromatic heterocycles. The molecule has 0 amide bonds. The van der Waals surface area contributed by atoms with Gasteiger partial charge in [-0.05, 0) is 277 Å². The molecule has 18 aromatic rings. The lowest BCUT2D eigenvalue weighted by molar-refractivity contribution is 0.664. The lowest BCUT2D eigenvalue weighted by Gasteiger charge is -2.27. The molecule has 574 valence electrons. The van der Waals surface area contributed by atoms with E-state index in [2.05, 4.69) is 315 Å². The van der Waals surface area contributed by atoms with Crippen molar-refractivity contribution in [1.82, 2.24) is 9.13 Å². The first kappa shape index (κ1) is 70.4. The Morgan fingerprint density at radius 2 is 0.607 bits per heavy atom. The Kier molecular flexibility index (Phi) is 20.9. The van der Waals surface area contributed by atoms with Crippen molar-refractivity contribution in [2.75, 3.05) is 9.80 Å². The minimum absolute atomic E-state index is 0.0620. The Morgan fingerprint density at radius 3 is 1.08 bits per heavy atom. The second-order valence-electron chi connectivity index (χ2n) is 31.5. The third-order valence-electron chi connectivity index (χ3n) is 23.2. The monoisotopic (exact) mass is 1520 g/mol. The van der Waals surface area contributed by atoms with E-state index in [1.807, 2.05) is 91.9 Å². The van der Waals surface area contributed by atoms with Gasteiger partial charge in [-0.15, -0.1) is 0 Å².